The fraction of sp³-hybridized carbons (Fsp3) is 0.211. The van der Waals surface area contributed by atoms with Gasteiger partial charge in [0.05, 0.1) is 37.0 Å². The molecule has 3 aromatic rings. The van der Waals surface area contributed by atoms with Gasteiger partial charge in [0.25, 0.3) is 0 Å². The molecule has 136 valence electrons. The molecule has 0 amide bonds. The fourth-order valence-electron chi connectivity index (χ4n) is 2.48. The highest BCUT2D eigenvalue weighted by atomic mass is 35.5. The van der Waals surface area contributed by atoms with Crippen LogP contribution in [0.1, 0.15) is 11.3 Å². The van der Waals surface area contributed by atoms with Crippen LogP contribution in [0.25, 0.3) is 10.6 Å². The number of halogens is 1. The van der Waals surface area contributed by atoms with Gasteiger partial charge in [0.15, 0.2) is 0 Å². The second-order valence-electron chi connectivity index (χ2n) is 5.53. The Balaban J connectivity index is 1.74. The zero-order valence-electron chi connectivity index (χ0n) is 14.4. The van der Waals surface area contributed by atoms with Crippen LogP contribution in [0.5, 0.6) is 11.5 Å². The van der Waals surface area contributed by atoms with Gasteiger partial charge < -0.3 is 9.47 Å². The minimum absolute atomic E-state index is 0.389. The minimum Gasteiger partial charge on any atom is -0.497 e. The highest BCUT2D eigenvalue weighted by Crippen LogP contribution is 2.35. The van der Waals surface area contributed by atoms with Crippen LogP contribution in [0.3, 0.4) is 0 Å². The zero-order chi connectivity index (χ0) is 18.5. The van der Waals surface area contributed by atoms with Gasteiger partial charge in [-0.2, -0.15) is 0 Å². The van der Waals surface area contributed by atoms with Gasteiger partial charge in [-0.05, 0) is 23.8 Å². The molecule has 0 saturated heterocycles. The van der Waals surface area contributed by atoms with Crippen LogP contribution in [0, 0.1) is 0 Å². The van der Waals surface area contributed by atoms with Crippen LogP contribution in [0.15, 0.2) is 47.8 Å². The molecule has 26 heavy (non-hydrogen) atoms. The molecule has 0 bridgehead atoms. The predicted octanol–water partition coefficient (Wildman–Crippen LogP) is 4.93. The second kappa shape index (κ2) is 8.66. The predicted molar refractivity (Wildman–Crippen MR) is 108 cm³/mol. The van der Waals surface area contributed by atoms with Crippen LogP contribution in [-0.4, -0.2) is 23.4 Å². The average molecular weight is 408 g/mol. The van der Waals surface area contributed by atoms with Gasteiger partial charge in [-0.25, -0.2) is 4.98 Å². The lowest BCUT2D eigenvalue weighted by Crippen LogP contribution is -2.00. The molecule has 0 spiro atoms. The van der Waals surface area contributed by atoms with Crippen molar-refractivity contribution in [1.29, 1.82) is 0 Å². The van der Waals surface area contributed by atoms with Crippen molar-refractivity contribution in [3.8, 4) is 22.1 Å². The maximum Gasteiger partial charge on any atom is 0.132 e. The number of hydrogen-bond acceptors (Lipinski definition) is 5. The molecule has 0 saturated carbocycles. The molecule has 0 aliphatic carbocycles. The lowest BCUT2D eigenvalue weighted by Gasteiger charge is -2.08. The highest BCUT2D eigenvalue weighted by molar-refractivity contribution is 7.83. The monoisotopic (exact) mass is 407 g/mol. The van der Waals surface area contributed by atoms with Crippen LogP contribution in [-0.2, 0) is 22.3 Å². The number of ether oxygens (including phenoxy) is 2. The van der Waals surface area contributed by atoms with Crippen molar-refractivity contribution >= 4 is 33.7 Å². The number of thiazole rings is 1. The van der Waals surface area contributed by atoms with Gasteiger partial charge in [-0.3, -0.25) is 4.21 Å². The standard InChI is InChI=1S/C19H18ClNO3S2/c1-23-15-7-8-16(18(9-15)24-2)19-21-14(10-25-19)12-26(22)11-13-5-3-4-6-17(13)20/h3-10H,11-12H2,1-2H3. The highest BCUT2D eigenvalue weighted by Gasteiger charge is 2.13. The summed E-state index contributed by atoms with van der Waals surface area (Å²) in [5.41, 5.74) is 2.58. The van der Waals surface area contributed by atoms with Crippen molar-refractivity contribution in [2.75, 3.05) is 14.2 Å². The summed E-state index contributed by atoms with van der Waals surface area (Å²) in [4.78, 5) is 4.62. The van der Waals surface area contributed by atoms with Crippen LogP contribution >= 0.6 is 22.9 Å². The maximum absolute atomic E-state index is 12.5. The first-order valence-electron chi connectivity index (χ1n) is 7.86. The van der Waals surface area contributed by atoms with Crippen LogP contribution < -0.4 is 9.47 Å². The third-order valence-electron chi connectivity index (χ3n) is 3.77. The zero-order valence-corrected chi connectivity index (χ0v) is 16.8. The average Bonchev–Trinajstić information content (AvgIpc) is 3.11. The summed E-state index contributed by atoms with van der Waals surface area (Å²) in [5, 5.41) is 3.40. The number of nitrogens with zero attached hydrogens (tertiary/aromatic N) is 1. The van der Waals surface area contributed by atoms with Crippen molar-refractivity contribution < 1.29 is 13.7 Å². The minimum atomic E-state index is -1.08. The molecule has 0 aliphatic heterocycles. The molecule has 2 aromatic carbocycles. The molecule has 1 aromatic heterocycles. The van der Waals surface area contributed by atoms with Crippen LogP contribution in [0.2, 0.25) is 5.02 Å². The van der Waals surface area contributed by atoms with Crippen molar-refractivity contribution in [1.82, 2.24) is 4.98 Å². The summed E-state index contributed by atoms with van der Waals surface area (Å²) in [5.74, 6) is 2.23. The van der Waals surface area contributed by atoms with E-state index in [1.165, 1.54) is 11.3 Å². The fourth-order valence-corrected chi connectivity index (χ4v) is 4.89. The molecule has 4 nitrogen and oxygen atoms in total. The topological polar surface area (TPSA) is 48.4 Å². The molecular formula is C19H18ClNO3S2. The van der Waals surface area contributed by atoms with Crippen molar-refractivity contribution in [3.05, 3.63) is 64.1 Å². The third-order valence-corrected chi connectivity index (χ3v) is 6.32. The lowest BCUT2D eigenvalue weighted by molar-refractivity contribution is 0.395. The molecular weight excluding hydrogens is 390 g/mol. The Morgan fingerprint density at radius 3 is 2.65 bits per heavy atom. The molecule has 0 radical (unpaired) electrons. The van der Waals surface area contributed by atoms with E-state index in [4.69, 9.17) is 21.1 Å². The number of benzene rings is 2. The molecule has 1 atom stereocenters. The van der Waals surface area contributed by atoms with Crippen molar-refractivity contribution in [2.24, 2.45) is 0 Å². The Hall–Kier alpha value is -1.89. The summed E-state index contributed by atoms with van der Waals surface area (Å²) < 4.78 is 23.1. The Bertz CT molecular complexity index is 927. The number of aromatic nitrogens is 1. The van der Waals surface area contributed by atoms with Crippen LogP contribution in [0.4, 0.5) is 0 Å². The SMILES string of the molecule is COc1ccc(-c2nc(CS(=O)Cc3ccccc3Cl)cs2)c(OC)c1. The van der Waals surface area contributed by atoms with E-state index in [0.29, 0.717) is 22.3 Å². The smallest absolute Gasteiger partial charge is 0.132 e. The largest absolute Gasteiger partial charge is 0.497 e. The molecule has 1 unspecified atom stereocenters. The van der Waals surface area contributed by atoms with E-state index in [2.05, 4.69) is 4.98 Å². The van der Waals surface area contributed by atoms with E-state index < -0.39 is 10.8 Å². The third kappa shape index (κ3) is 4.44. The summed E-state index contributed by atoms with van der Waals surface area (Å²) in [6, 6.07) is 13.1. The van der Waals surface area contributed by atoms with E-state index in [9.17, 15) is 4.21 Å². The van der Waals surface area contributed by atoms with E-state index >= 15 is 0 Å². The Morgan fingerprint density at radius 1 is 1.12 bits per heavy atom. The summed E-state index contributed by atoms with van der Waals surface area (Å²) >= 11 is 7.65. The number of hydrogen-bond donors (Lipinski definition) is 0. The van der Waals surface area contributed by atoms with Gasteiger partial charge in [-0.15, -0.1) is 11.3 Å². The van der Waals surface area contributed by atoms with Gasteiger partial charge >= 0.3 is 0 Å². The van der Waals surface area contributed by atoms with Gasteiger partial charge in [0.2, 0.25) is 0 Å². The maximum atomic E-state index is 12.5. The molecule has 0 aliphatic rings. The quantitative estimate of drug-likeness (QED) is 0.557. The van der Waals surface area contributed by atoms with Gasteiger partial charge in [-0.1, -0.05) is 29.8 Å². The summed E-state index contributed by atoms with van der Waals surface area (Å²) in [7, 11) is 2.15. The van der Waals surface area contributed by atoms with E-state index in [1.54, 1.807) is 14.2 Å². The molecule has 0 fully saturated rings. The molecule has 7 heteroatoms. The Labute approximate surface area is 164 Å². The summed E-state index contributed by atoms with van der Waals surface area (Å²) in [6.45, 7) is 0. The van der Waals surface area contributed by atoms with Crippen molar-refractivity contribution in [3.63, 3.8) is 0 Å². The molecule has 1 heterocycles. The molecule has 0 N–H and O–H groups in total. The van der Waals surface area contributed by atoms with E-state index in [0.717, 1.165) is 27.6 Å². The van der Waals surface area contributed by atoms with Gasteiger partial charge in [0, 0.05) is 27.3 Å². The van der Waals surface area contributed by atoms with Gasteiger partial charge in [0.1, 0.15) is 16.5 Å². The first kappa shape index (κ1) is 18.9. The second-order valence-corrected chi connectivity index (χ2v) is 8.25. The Kier molecular flexibility index (Phi) is 6.29. The lowest BCUT2D eigenvalue weighted by atomic mass is 10.2. The Morgan fingerprint density at radius 2 is 1.92 bits per heavy atom. The van der Waals surface area contributed by atoms with Crippen molar-refractivity contribution in [2.45, 2.75) is 11.5 Å². The first-order valence-corrected chi connectivity index (χ1v) is 10.6. The van der Waals surface area contributed by atoms with E-state index in [1.807, 2.05) is 47.8 Å². The molecule has 3 rings (SSSR count). The van der Waals surface area contributed by atoms with E-state index in [-0.39, 0.29) is 0 Å². The number of methoxy groups -OCH3 is 2. The normalized spacial score (nSPS) is 12.0. The first-order chi connectivity index (χ1) is 12.6. The summed E-state index contributed by atoms with van der Waals surface area (Å²) in [6.07, 6.45) is 0. The number of rotatable bonds is 7.